The number of ketones is 1. The number of allylic oxidation sites excluding steroid dienone is 2. The minimum atomic E-state index is 0.336. The zero-order chi connectivity index (χ0) is 15.5. The van der Waals surface area contributed by atoms with Crippen molar-refractivity contribution in [2.24, 2.45) is 40.9 Å². The van der Waals surface area contributed by atoms with Crippen molar-refractivity contribution in [3.05, 3.63) is 11.6 Å². The fourth-order valence-corrected chi connectivity index (χ4v) is 7.18. The van der Waals surface area contributed by atoms with Crippen LogP contribution in [0.5, 0.6) is 0 Å². The minimum absolute atomic E-state index is 0.336. The zero-order valence-corrected chi connectivity index (χ0v) is 14.6. The van der Waals surface area contributed by atoms with E-state index in [-0.39, 0.29) is 0 Å². The van der Waals surface area contributed by atoms with Gasteiger partial charge in [0.1, 0.15) is 5.78 Å². The van der Waals surface area contributed by atoms with E-state index in [1.54, 1.807) is 5.57 Å². The molecule has 0 aliphatic heterocycles. The number of Topliss-reactive ketones (excluding diaryl/α,β-unsaturated/α-hetero) is 1. The van der Waals surface area contributed by atoms with Gasteiger partial charge in [-0.1, -0.05) is 25.5 Å². The van der Waals surface area contributed by atoms with Gasteiger partial charge in [0, 0.05) is 12.3 Å². The Morgan fingerprint density at radius 3 is 2.68 bits per heavy atom. The molecular weight excluding hydrogens is 268 g/mol. The van der Waals surface area contributed by atoms with E-state index in [0.717, 1.165) is 36.0 Å². The zero-order valence-electron chi connectivity index (χ0n) is 14.6. The van der Waals surface area contributed by atoms with Gasteiger partial charge >= 0.3 is 0 Å². The van der Waals surface area contributed by atoms with Gasteiger partial charge in [-0.15, -0.1) is 0 Å². The molecule has 0 aromatic carbocycles. The first kappa shape index (κ1) is 15.0. The highest BCUT2D eigenvalue weighted by Gasteiger charge is 2.55. The van der Waals surface area contributed by atoms with E-state index in [9.17, 15) is 4.79 Å². The number of fused-ring (bicyclic) bond motifs is 5. The molecule has 0 aromatic heterocycles. The van der Waals surface area contributed by atoms with Gasteiger partial charge in [-0.25, -0.2) is 0 Å². The molecule has 4 saturated carbocycles. The molecule has 0 aromatic rings. The first-order valence-electron chi connectivity index (χ1n) is 9.73. The van der Waals surface area contributed by atoms with Crippen LogP contribution in [0.2, 0.25) is 0 Å². The molecule has 0 radical (unpaired) electrons. The van der Waals surface area contributed by atoms with Crippen LogP contribution in [0.25, 0.3) is 0 Å². The summed E-state index contributed by atoms with van der Waals surface area (Å²) in [5, 5.41) is 0. The lowest BCUT2D eigenvalue weighted by Gasteiger charge is -2.55. The maximum atomic E-state index is 12.1. The van der Waals surface area contributed by atoms with Crippen molar-refractivity contribution in [2.45, 2.75) is 72.1 Å². The van der Waals surface area contributed by atoms with Crippen LogP contribution in [0.15, 0.2) is 11.6 Å². The molecule has 4 aliphatic rings. The number of hydrogen-bond acceptors (Lipinski definition) is 1. The van der Waals surface area contributed by atoms with Gasteiger partial charge in [0.15, 0.2) is 0 Å². The first-order valence-corrected chi connectivity index (χ1v) is 9.73. The van der Waals surface area contributed by atoms with E-state index in [0.29, 0.717) is 17.1 Å². The van der Waals surface area contributed by atoms with Crippen LogP contribution in [0.3, 0.4) is 0 Å². The molecule has 22 heavy (non-hydrogen) atoms. The lowest BCUT2D eigenvalue weighted by atomic mass is 9.49. The Kier molecular flexibility index (Phi) is 3.55. The SMILES string of the molecule is C/C=C1/CC[C@H]2[C@@H]3CC[C@H]4CC(=O)[C@H](C)C[C@@H]4[C@H]3CC[C@]12C. The van der Waals surface area contributed by atoms with Crippen molar-refractivity contribution in [1.82, 2.24) is 0 Å². The van der Waals surface area contributed by atoms with Crippen molar-refractivity contribution in [1.29, 1.82) is 0 Å². The molecule has 4 rings (SSSR count). The smallest absolute Gasteiger partial charge is 0.135 e. The highest BCUT2D eigenvalue weighted by molar-refractivity contribution is 5.81. The Hall–Kier alpha value is -0.590. The topological polar surface area (TPSA) is 17.1 Å². The molecule has 0 saturated heterocycles. The highest BCUT2D eigenvalue weighted by Crippen LogP contribution is 2.64. The van der Waals surface area contributed by atoms with Crippen molar-refractivity contribution in [2.75, 3.05) is 0 Å². The summed E-state index contributed by atoms with van der Waals surface area (Å²) in [6.07, 6.45) is 12.9. The number of carbonyl (C=O) groups excluding carboxylic acids is 1. The van der Waals surface area contributed by atoms with Crippen LogP contribution in [0.4, 0.5) is 0 Å². The van der Waals surface area contributed by atoms with Gasteiger partial charge in [0.25, 0.3) is 0 Å². The van der Waals surface area contributed by atoms with Crippen LogP contribution in [0.1, 0.15) is 72.1 Å². The molecule has 0 spiro atoms. The lowest BCUT2D eigenvalue weighted by Crippen LogP contribution is -2.48. The number of carbonyl (C=O) groups is 1. The van der Waals surface area contributed by atoms with Crippen LogP contribution >= 0.6 is 0 Å². The van der Waals surface area contributed by atoms with Gasteiger partial charge in [0.05, 0.1) is 0 Å². The van der Waals surface area contributed by atoms with Crippen molar-refractivity contribution in [3.63, 3.8) is 0 Å². The highest BCUT2D eigenvalue weighted by atomic mass is 16.1. The summed E-state index contributed by atoms with van der Waals surface area (Å²) < 4.78 is 0. The summed E-state index contributed by atoms with van der Waals surface area (Å²) in [7, 11) is 0. The molecular formula is C21H32O. The maximum Gasteiger partial charge on any atom is 0.135 e. The molecule has 0 amide bonds. The third-order valence-electron chi connectivity index (χ3n) is 8.35. The summed E-state index contributed by atoms with van der Waals surface area (Å²) in [6, 6.07) is 0. The van der Waals surface area contributed by atoms with E-state index in [1.807, 2.05) is 0 Å². The summed E-state index contributed by atoms with van der Waals surface area (Å²) in [5.41, 5.74) is 2.27. The van der Waals surface area contributed by atoms with Crippen molar-refractivity contribution in [3.8, 4) is 0 Å². The quantitative estimate of drug-likeness (QED) is 0.547. The third-order valence-corrected chi connectivity index (χ3v) is 8.35. The normalized spacial score (nSPS) is 53.0. The second kappa shape index (κ2) is 5.21. The third kappa shape index (κ3) is 2.00. The van der Waals surface area contributed by atoms with E-state index in [1.165, 1.54) is 44.9 Å². The monoisotopic (exact) mass is 300 g/mol. The van der Waals surface area contributed by atoms with Crippen molar-refractivity contribution < 1.29 is 4.79 Å². The van der Waals surface area contributed by atoms with Gasteiger partial charge in [-0.2, -0.15) is 0 Å². The lowest BCUT2D eigenvalue weighted by molar-refractivity contribution is -0.131. The minimum Gasteiger partial charge on any atom is -0.299 e. The van der Waals surface area contributed by atoms with Gasteiger partial charge < -0.3 is 0 Å². The van der Waals surface area contributed by atoms with Gasteiger partial charge in [-0.3, -0.25) is 4.79 Å². The van der Waals surface area contributed by atoms with E-state index in [2.05, 4.69) is 26.8 Å². The molecule has 0 bridgehead atoms. The Balaban J connectivity index is 1.60. The fraction of sp³-hybridized carbons (Fsp3) is 0.857. The summed E-state index contributed by atoms with van der Waals surface area (Å²) in [4.78, 5) is 12.1. The Bertz CT molecular complexity index is 504. The van der Waals surface area contributed by atoms with E-state index < -0.39 is 0 Å². The average molecular weight is 300 g/mol. The largest absolute Gasteiger partial charge is 0.299 e. The molecule has 0 unspecified atom stereocenters. The molecule has 4 aliphatic carbocycles. The average Bonchev–Trinajstić information content (AvgIpc) is 2.85. The van der Waals surface area contributed by atoms with Crippen molar-refractivity contribution >= 4 is 5.78 Å². The second-order valence-corrected chi connectivity index (χ2v) is 9.05. The van der Waals surface area contributed by atoms with Gasteiger partial charge in [-0.05, 0) is 86.9 Å². The van der Waals surface area contributed by atoms with E-state index in [4.69, 9.17) is 0 Å². The Morgan fingerprint density at radius 1 is 1.09 bits per heavy atom. The molecule has 1 heteroatoms. The molecule has 0 heterocycles. The fourth-order valence-electron chi connectivity index (χ4n) is 7.18. The predicted molar refractivity (Wildman–Crippen MR) is 90.4 cm³/mol. The second-order valence-electron chi connectivity index (χ2n) is 9.05. The molecule has 7 atom stereocenters. The van der Waals surface area contributed by atoms with Gasteiger partial charge in [0.2, 0.25) is 0 Å². The van der Waals surface area contributed by atoms with Crippen LogP contribution in [0, 0.1) is 40.9 Å². The maximum absolute atomic E-state index is 12.1. The van der Waals surface area contributed by atoms with Crippen LogP contribution < -0.4 is 0 Å². The summed E-state index contributed by atoms with van der Waals surface area (Å²) in [5.74, 6) is 5.32. The molecule has 122 valence electrons. The van der Waals surface area contributed by atoms with Crippen LogP contribution in [-0.2, 0) is 4.79 Å². The van der Waals surface area contributed by atoms with E-state index >= 15 is 0 Å². The predicted octanol–water partition coefficient (Wildman–Crippen LogP) is 5.40. The standard InChI is InChI=1S/C21H32O/c1-4-15-6-8-19-17-7-5-14-12-20(22)13(2)11-18(14)16(17)9-10-21(15,19)3/h4,13-14,16-19H,5-12H2,1-3H3/b15-4-/t13-,14+,16+,17-,18+,19+,21-/m1/s1. The number of rotatable bonds is 0. The number of hydrogen-bond donors (Lipinski definition) is 0. The summed E-state index contributed by atoms with van der Waals surface area (Å²) in [6.45, 7) is 7.00. The Labute approximate surface area is 135 Å². The molecule has 1 nitrogen and oxygen atoms in total. The summed E-state index contributed by atoms with van der Waals surface area (Å²) >= 11 is 0. The van der Waals surface area contributed by atoms with Crippen LogP contribution in [-0.4, -0.2) is 5.78 Å². The first-order chi connectivity index (χ1) is 10.5. The molecule has 0 N–H and O–H groups in total. The molecule has 4 fully saturated rings. The Morgan fingerprint density at radius 2 is 1.91 bits per heavy atom.